The molecule has 0 aromatic carbocycles. The fraction of sp³-hybridized carbons (Fsp3) is 0.667. The predicted octanol–water partition coefficient (Wildman–Crippen LogP) is 2.65. The molecule has 0 aliphatic carbocycles. The van der Waals surface area contributed by atoms with E-state index in [1.807, 2.05) is 4.90 Å². The Labute approximate surface area is 107 Å². The van der Waals surface area contributed by atoms with E-state index in [9.17, 15) is 4.79 Å². The molecule has 0 spiro atoms. The zero-order valence-electron chi connectivity index (χ0n) is 7.64. The van der Waals surface area contributed by atoms with Crippen LogP contribution in [0.4, 0.5) is 0 Å². The zero-order valence-corrected chi connectivity index (χ0v) is 12.0. The summed E-state index contributed by atoms with van der Waals surface area (Å²) in [5.74, 6) is 0.0645. The molecule has 0 aromatic rings. The van der Waals surface area contributed by atoms with Crippen LogP contribution in [0.25, 0.3) is 0 Å². The van der Waals surface area contributed by atoms with Gasteiger partial charge in [-0.1, -0.05) is 51.8 Å². The summed E-state index contributed by atoms with van der Waals surface area (Å²) >= 11 is 4.66. The van der Waals surface area contributed by atoms with E-state index >= 15 is 0 Å². The van der Waals surface area contributed by atoms with Crippen molar-refractivity contribution < 1.29 is 4.79 Å². The second-order valence-corrected chi connectivity index (χ2v) is 4.77. The minimum Gasteiger partial charge on any atom is -0.339 e. The maximum Gasteiger partial charge on any atom is 0.245 e. The highest BCUT2D eigenvalue weighted by Crippen LogP contribution is 2.00. The molecule has 2 nitrogen and oxygen atoms in total. The van der Waals surface area contributed by atoms with E-state index in [0.717, 1.165) is 34.8 Å². The second-order valence-electron chi connectivity index (χ2n) is 2.61. The minimum absolute atomic E-state index is 0.0645. The minimum atomic E-state index is 0.0645. The number of carbonyl (C=O) groups excluding carboxylic acids is 1. The van der Waals surface area contributed by atoms with Gasteiger partial charge in [0.1, 0.15) is 0 Å². The van der Waals surface area contributed by atoms with Crippen molar-refractivity contribution in [3.8, 4) is 0 Å². The summed E-state index contributed by atoms with van der Waals surface area (Å²) in [7, 11) is 0. The van der Waals surface area contributed by atoms with Crippen LogP contribution in [0.3, 0.4) is 0 Å². The van der Waals surface area contributed by atoms with Crippen LogP contribution in [0.2, 0.25) is 0 Å². The summed E-state index contributed by atoms with van der Waals surface area (Å²) in [6.45, 7) is 5.23. The molecule has 0 aliphatic heterocycles. The van der Waals surface area contributed by atoms with Crippen LogP contribution in [0.15, 0.2) is 12.7 Å². The predicted molar refractivity (Wildman–Crippen MR) is 73.8 cm³/mol. The Morgan fingerprint density at radius 1 is 1.23 bits per heavy atom. The Kier molecular flexibility index (Phi) is 9.71. The van der Waals surface area contributed by atoms with Crippen molar-refractivity contribution in [3.05, 3.63) is 12.7 Å². The van der Waals surface area contributed by atoms with Gasteiger partial charge in [0.15, 0.2) is 0 Å². The number of rotatable bonds is 7. The van der Waals surface area contributed by atoms with Gasteiger partial charge >= 0.3 is 0 Å². The molecule has 0 aliphatic rings. The molecule has 1 amide bonds. The van der Waals surface area contributed by atoms with Crippen molar-refractivity contribution in [1.82, 2.24) is 4.90 Å². The first-order chi connectivity index (χ1) is 6.26. The normalized spacial score (nSPS) is 9.69. The van der Waals surface area contributed by atoms with Crippen LogP contribution >= 0.6 is 45.2 Å². The molecule has 13 heavy (non-hydrogen) atoms. The number of halogens is 2. The van der Waals surface area contributed by atoms with Gasteiger partial charge < -0.3 is 4.90 Å². The lowest BCUT2D eigenvalue weighted by atomic mass is 10.3. The van der Waals surface area contributed by atoms with E-state index < -0.39 is 0 Å². The van der Waals surface area contributed by atoms with E-state index in [-0.39, 0.29) is 5.91 Å². The van der Waals surface area contributed by atoms with Crippen molar-refractivity contribution in [3.63, 3.8) is 0 Å². The first-order valence-electron chi connectivity index (χ1n) is 4.29. The first-order valence-corrected chi connectivity index (χ1v) is 7.34. The summed E-state index contributed by atoms with van der Waals surface area (Å²) < 4.78 is 2.20. The summed E-state index contributed by atoms with van der Waals surface area (Å²) in [6, 6.07) is 0. The largest absolute Gasteiger partial charge is 0.339 e. The molecule has 0 bridgehead atoms. The maximum absolute atomic E-state index is 11.3. The Morgan fingerprint density at radius 3 is 2.00 bits per heavy atom. The molecule has 0 saturated carbocycles. The monoisotopic (exact) mass is 407 g/mol. The third kappa shape index (κ3) is 6.70. The number of alkyl halides is 2. The van der Waals surface area contributed by atoms with Crippen LogP contribution in [-0.4, -0.2) is 32.8 Å². The second kappa shape index (κ2) is 9.23. The lowest BCUT2D eigenvalue weighted by Crippen LogP contribution is -2.31. The van der Waals surface area contributed by atoms with Crippen LogP contribution in [0.5, 0.6) is 0 Å². The summed E-state index contributed by atoms with van der Waals surface area (Å²) in [5.41, 5.74) is 0. The van der Waals surface area contributed by atoms with Gasteiger partial charge in [0.25, 0.3) is 0 Å². The summed E-state index contributed by atoms with van der Waals surface area (Å²) in [6.07, 6.45) is 3.54. The van der Waals surface area contributed by atoms with Crippen molar-refractivity contribution in [2.24, 2.45) is 0 Å². The molecule has 0 fully saturated rings. The zero-order chi connectivity index (χ0) is 10.1. The van der Waals surface area contributed by atoms with Gasteiger partial charge in [0.05, 0.1) is 0 Å². The van der Waals surface area contributed by atoms with Crippen molar-refractivity contribution in [2.45, 2.75) is 12.8 Å². The summed E-state index contributed by atoms with van der Waals surface area (Å²) in [4.78, 5) is 13.2. The van der Waals surface area contributed by atoms with E-state index in [1.165, 1.54) is 6.08 Å². The van der Waals surface area contributed by atoms with Crippen LogP contribution in [0.1, 0.15) is 12.8 Å². The highest BCUT2D eigenvalue weighted by molar-refractivity contribution is 14.1. The fourth-order valence-electron chi connectivity index (χ4n) is 0.963. The van der Waals surface area contributed by atoms with Crippen LogP contribution < -0.4 is 0 Å². The van der Waals surface area contributed by atoms with Crippen molar-refractivity contribution in [2.75, 3.05) is 21.9 Å². The molecule has 0 saturated heterocycles. The highest BCUT2D eigenvalue weighted by atomic mass is 127. The number of hydrogen-bond acceptors (Lipinski definition) is 1. The lowest BCUT2D eigenvalue weighted by Gasteiger charge is -2.20. The quantitative estimate of drug-likeness (QED) is 0.361. The van der Waals surface area contributed by atoms with E-state index in [0.29, 0.717) is 0 Å². The number of carbonyl (C=O) groups is 1. The Bertz CT molecular complexity index is 154. The van der Waals surface area contributed by atoms with Crippen molar-refractivity contribution >= 4 is 51.1 Å². The molecular formula is C9H15I2NO. The van der Waals surface area contributed by atoms with Gasteiger partial charge in [-0.15, -0.1) is 0 Å². The molecule has 0 atom stereocenters. The SMILES string of the molecule is C=CC(=O)N(CCCI)CCCI. The van der Waals surface area contributed by atoms with Gasteiger partial charge in [0, 0.05) is 21.9 Å². The summed E-state index contributed by atoms with van der Waals surface area (Å²) in [5, 5.41) is 0. The molecular weight excluding hydrogens is 392 g/mol. The molecule has 0 unspecified atom stereocenters. The van der Waals surface area contributed by atoms with Crippen LogP contribution in [0, 0.1) is 0 Å². The standard InChI is InChI=1S/C9H15I2NO/c1-2-9(13)12(7-3-5-10)8-4-6-11/h2H,1,3-8H2. The van der Waals surface area contributed by atoms with Crippen LogP contribution in [-0.2, 0) is 4.79 Å². The number of nitrogens with zero attached hydrogens (tertiary/aromatic N) is 1. The van der Waals surface area contributed by atoms with Gasteiger partial charge in [0.2, 0.25) is 5.91 Å². The van der Waals surface area contributed by atoms with Gasteiger partial charge in [-0.05, 0) is 18.9 Å². The first kappa shape index (κ1) is 13.7. The number of hydrogen-bond donors (Lipinski definition) is 0. The fourth-order valence-corrected chi connectivity index (χ4v) is 1.64. The van der Waals surface area contributed by atoms with E-state index in [1.54, 1.807) is 0 Å². The van der Waals surface area contributed by atoms with Gasteiger partial charge in [-0.3, -0.25) is 4.79 Å². The molecule has 0 N–H and O–H groups in total. The Balaban J connectivity index is 3.86. The third-order valence-electron chi connectivity index (χ3n) is 1.61. The van der Waals surface area contributed by atoms with Gasteiger partial charge in [-0.2, -0.15) is 0 Å². The molecule has 76 valence electrons. The molecule has 0 aromatic heterocycles. The molecule has 0 rings (SSSR count). The average molecular weight is 407 g/mol. The topological polar surface area (TPSA) is 20.3 Å². The average Bonchev–Trinajstić information content (AvgIpc) is 2.17. The molecule has 0 heterocycles. The van der Waals surface area contributed by atoms with E-state index in [2.05, 4.69) is 51.8 Å². The van der Waals surface area contributed by atoms with E-state index in [4.69, 9.17) is 0 Å². The smallest absolute Gasteiger partial charge is 0.245 e. The number of amides is 1. The third-order valence-corrected chi connectivity index (χ3v) is 3.14. The Hall–Kier alpha value is 0.670. The van der Waals surface area contributed by atoms with Crippen molar-refractivity contribution in [1.29, 1.82) is 0 Å². The highest BCUT2D eigenvalue weighted by Gasteiger charge is 2.07. The van der Waals surface area contributed by atoms with Gasteiger partial charge in [-0.25, -0.2) is 0 Å². The maximum atomic E-state index is 11.3. The molecule has 4 heteroatoms. The lowest BCUT2D eigenvalue weighted by molar-refractivity contribution is -0.126. The molecule has 0 radical (unpaired) electrons. The Morgan fingerprint density at radius 2 is 1.69 bits per heavy atom.